The summed E-state index contributed by atoms with van der Waals surface area (Å²) in [7, 11) is 1.60. The van der Waals surface area contributed by atoms with Crippen molar-refractivity contribution in [1.29, 1.82) is 0 Å². The minimum Gasteiger partial charge on any atom is -0.497 e. The lowest BCUT2D eigenvalue weighted by molar-refractivity contribution is -0.128. The van der Waals surface area contributed by atoms with Gasteiger partial charge in [0.2, 0.25) is 23.5 Å². The van der Waals surface area contributed by atoms with Gasteiger partial charge in [-0.2, -0.15) is 11.8 Å². The first kappa shape index (κ1) is 35.7. The molecule has 1 aromatic rings. The fourth-order valence-corrected chi connectivity index (χ4v) is 4.58. The van der Waals surface area contributed by atoms with Gasteiger partial charge >= 0.3 is 5.91 Å². The molecule has 226 valence electrons. The minimum atomic E-state index is -0.864. The third-order valence-electron chi connectivity index (χ3n) is 6.01. The summed E-state index contributed by atoms with van der Waals surface area (Å²) < 4.78 is 5.12. The number of carbonyl (C=O) groups is 5. The van der Waals surface area contributed by atoms with Gasteiger partial charge in [0, 0.05) is 23.8 Å². The van der Waals surface area contributed by atoms with E-state index < -0.39 is 42.0 Å². The van der Waals surface area contributed by atoms with Gasteiger partial charge < -0.3 is 21.1 Å². The Kier molecular flexibility index (Phi) is 19.4. The van der Waals surface area contributed by atoms with Gasteiger partial charge in [-0.15, -0.1) is 0 Å². The fraction of sp³-hybridized carbons (Fsp3) is 0.567. The maximum Gasteiger partial charge on any atom is 0.302 e. The zero-order chi connectivity index (χ0) is 30.3. The van der Waals surface area contributed by atoms with Crippen molar-refractivity contribution in [2.75, 3.05) is 26.0 Å². The zero-order valence-electron chi connectivity index (χ0n) is 24.2. The van der Waals surface area contributed by atoms with E-state index >= 15 is 0 Å². The van der Waals surface area contributed by atoms with Crippen molar-refractivity contribution in [1.82, 2.24) is 16.0 Å². The molecule has 10 nitrogen and oxygen atoms in total. The molecule has 11 heteroatoms. The van der Waals surface area contributed by atoms with E-state index in [0.29, 0.717) is 17.9 Å². The van der Waals surface area contributed by atoms with E-state index in [-0.39, 0.29) is 13.0 Å². The number of ether oxygens (including phenoxy) is 1. The van der Waals surface area contributed by atoms with Gasteiger partial charge in [-0.3, -0.25) is 29.3 Å². The second-order valence-corrected chi connectivity index (χ2v) is 10.6. The van der Waals surface area contributed by atoms with Crippen LogP contribution in [0.25, 0.3) is 0 Å². The predicted octanol–water partition coefficient (Wildman–Crippen LogP) is 2.62. The lowest BCUT2D eigenvalue weighted by Gasteiger charge is -2.12. The second kappa shape index (κ2) is 22.3. The molecule has 0 heterocycles. The number of rotatable bonds is 20. The van der Waals surface area contributed by atoms with E-state index in [4.69, 9.17) is 10.5 Å². The van der Waals surface area contributed by atoms with Crippen LogP contribution in [0.3, 0.4) is 0 Å². The van der Waals surface area contributed by atoms with Crippen LogP contribution in [0.5, 0.6) is 5.75 Å². The van der Waals surface area contributed by atoms with E-state index in [9.17, 15) is 24.0 Å². The Morgan fingerprint density at radius 2 is 1.49 bits per heavy atom. The number of ketones is 1. The monoisotopic (exact) mass is 588 g/mol. The van der Waals surface area contributed by atoms with Crippen LogP contribution in [-0.4, -0.2) is 61.4 Å². The smallest absolute Gasteiger partial charge is 0.302 e. The summed E-state index contributed by atoms with van der Waals surface area (Å²) in [6.45, 7) is 1.39. The largest absolute Gasteiger partial charge is 0.497 e. The van der Waals surface area contributed by atoms with E-state index in [1.807, 2.05) is 24.3 Å². The van der Waals surface area contributed by atoms with Gasteiger partial charge in [-0.25, -0.2) is 0 Å². The number of imide groups is 1. The SMILES string of the molecule is CCCCCCCCCCCC(=O)NC(=O)C#CC(=O)CNC(=O)CNC(=O)[C@@H](N)CSCc1ccc(OC)cc1. The summed E-state index contributed by atoms with van der Waals surface area (Å²) in [6, 6.07) is 6.76. The summed E-state index contributed by atoms with van der Waals surface area (Å²) in [5.74, 6) is 2.84. The number of unbranched alkanes of at least 4 members (excludes halogenated alkanes) is 8. The van der Waals surface area contributed by atoms with Crippen molar-refractivity contribution in [3.8, 4) is 17.6 Å². The van der Waals surface area contributed by atoms with Crippen molar-refractivity contribution in [3.63, 3.8) is 0 Å². The van der Waals surface area contributed by atoms with Crippen LogP contribution in [0.4, 0.5) is 0 Å². The van der Waals surface area contributed by atoms with Gasteiger partial charge in [0.15, 0.2) is 0 Å². The van der Waals surface area contributed by atoms with Gasteiger partial charge in [-0.1, -0.05) is 70.4 Å². The number of thioether (sulfide) groups is 1. The summed E-state index contributed by atoms with van der Waals surface area (Å²) in [4.78, 5) is 59.5. The minimum absolute atomic E-state index is 0.226. The molecule has 4 amide bonds. The number of nitrogens with one attached hydrogen (secondary N) is 3. The summed E-state index contributed by atoms with van der Waals surface area (Å²) in [5.41, 5.74) is 6.95. The van der Waals surface area contributed by atoms with Crippen LogP contribution in [0.15, 0.2) is 24.3 Å². The Balaban J connectivity index is 2.15. The van der Waals surface area contributed by atoms with E-state index in [0.717, 1.165) is 30.6 Å². The maximum absolute atomic E-state index is 12.1. The molecule has 5 N–H and O–H groups in total. The first-order valence-electron chi connectivity index (χ1n) is 14.1. The molecule has 0 aromatic heterocycles. The van der Waals surface area contributed by atoms with Crippen molar-refractivity contribution in [3.05, 3.63) is 29.8 Å². The van der Waals surface area contributed by atoms with Gasteiger partial charge in [0.1, 0.15) is 5.75 Å². The Labute approximate surface area is 247 Å². The van der Waals surface area contributed by atoms with Gasteiger partial charge in [-0.05, 0) is 30.0 Å². The molecule has 0 unspecified atom stereocenters. The number of hydrogen-bond acceptors (Lipinski definition) is 8. The second-order valence-electron chi connectivity index (χ2n) is 9.59. The van der Waals surface area contributed by atoms with Crippen LogP contribution in [-0.2, 0) is 29.7 Å². The predicted molar refractivity (Wildman–Crippen MR) is 161 cm³/mol. The summed E-state index contributed by atoms with van der Waals surface area (Å²) >= 11 is 1.48. The molecule has 0 aliphatic rings. The Morgan fingerprint density at radius 3 is 2.12 bits per heavy atom. The van der Waals surface area contributed by atoms with E-state index in [2.05, 4.69) is 34.7 Å². The van der Waals surface area contributed by atoms with Crippen molar-refractivity contribution < 1.29 is 28.7 Å². The molecule has 0 aliphatic carbocycles. The summed E-state index contributed by atoms with van der Waals surface area (Å²) in [6.07, 6.45) is 10.3. The van der Waals surface area contributed by atoms with Crippen LogP contribution >= 0.6 is 11.8 Å². The highest BCUT2D eigenvalue weighted by atomic mass is 32.2. The lowest BCUT2D eigenvalue weighted by atomic mass is 10.1. The molecular formula is C30H44N4O6S. The zero-order valence-corrected chi connectivity index (χ0v) is 25.0. The molecule has 1 atom stereocenters. The fourth-order valence-electron chi connectivity index (χ4n) is 3.63. The third-order valence-corrected chi connectivity index (χ3v) is 7.14. The molecular weight excluding hydrogens is 544 g/mol. The van der Waals surface area contributed by atoms with E-state index in [1.165, 1.54) is 43.9 Å². The van der Waals surface area contributed by atoms with E-state index in [1.54, 1.807) is 7.11 Å². The number of carbonyl (C=O) groups excluding carboxylic acids is 5. The van der Waals surface area contributed by atoms with Crippen LogP contribution in [0.1, 0.15) is 76.7 Å². The Hall–Kier alpha value is -3.36. The molecule has 0 saturated heterocycles. The third kappa shape index (κ3) is 18.6. The number of nitrogens with two attached hydrogens (primary N) is 1. The topological polar surface area (TPSA) is 157 Å². The number of benzene rings is 1. The first-order chi connectivity index (χ1) is 19.7. The average Bonchev–Trinajstić information content (AvgIpc) is 2.97. The normalized spacial score (nSPS) is 11.0. The number of hydrogen-bond donors (Lipinski definition) is 4. The first-order valence-corrected chi connectivity index (χ1v) is 15.3. The standard InChI is InChI=1S/C30H44N4O6S/c1-3-4-5-6-7-8-9-10-11-12-27(36)34-28(37)18-15-24(35)19-32-29(38)20-33-30(39)26(31)22-41-21-23-13-16-25(40-2)17-14-23/h13-14,16-17,26H,3-12,19-22,31H2,1-2H3,(H,32,38)(H,33,39)(H,34,36,37)/t26-/m0/s1. The molecule has 1 aromatic carbocycles. The highest BCUT2D eigenvalue weighted by Gasteiger charge is 2.15. The number of amides is 4. The van der Waals surface area contributed by atoms with Crippen LogP contribution < -0.4 is 26.4 Å². The molecule has 0 saturated carbocycles. The molecule has 41 heavy (non-hydrogen) atoms. The van der Waals surface area contributed by atoms with Gasteiger partial charge in [0.05, 0.1) is 26.2 Å². The number of Topliss-reactive ketones (excluding diaryl/α,β-unsaturated/α-hetero) is 1. The molecule has 0 spiro atoms. The Bertz CT molecular complexity index is 1040. The molecule has 1 rings (SSSR count). The quantitative estimate of drug-likeness (QED) is 0.103. The van der Waals surface area contributed by atoms with Crippen molar-refractivity contribution in [2.24, 2.45) is 5.73 Å². The average molecular weight is 589 g/mol. The highest BCUT2D eigenvalue weighted by Crippen LogP contribution is 2.17. The lowest BCUT2D eigenvalue weighted by Crippen LogP contribution is -2.46. The summed E-state index contributed by atoms with van der Waals surface area (Å²) in [5, 5.41) is 6.88. The van der Waals surface area contributed by atoms with Crippen LogP contribution in [0.2, 0.25) is 0 Å². The van der Waals surface area contributed by atoms with Crippen molar-refractivity contribution in [2.45, 2.75) is 82.9 Å². The molecule has 0 aliphatic heterocycles. The molecule has 0 radical (unpaired) electrons. The number of methoxy groups -OCH3 is 1. The molecule has 0 bridgehead atoms. The molecule has 0 fully saturated rings. The van der Waals surface area contributed by atoms with Crippen molar-refractivity contribution >= 4 is 41.2 Å². The van der Waals surface area contributed by atoms with Crippen LogP contribution in [0, 0.1) is 11.8 Å². The maximum atomic E-state index is 12.1. The Morgan fingerprint density at radius 1 is 0.854 bits per heavy atom. The highest BCUT2D eigenvalue weighted by molar-refractivity contribution is 7.98. The van der Waals surface area contributed by atoms with Gasteiger partial charge in [0.25, 0.3) is 0 Å².